The maximum Gasteiger partial charge on any atom is 0.322 e. The predicted octanol–water partition coefficient (Wildman–Crippen LogP) is 5.52. The molecular weight excluding hydrogens is 574 g/mol. The highest BCUT2D eigenvalue weighted by Crippen LogP contribution is 2.34. The van der Waals surface area contributed by atoms with Gasteiger partial charge in [0.05, 0.1) is 25.0 Å². The number of anilines is 1. The van der Waals surface area contributed by atoms with Gasteiger partial charge in [-0.2, -0.15) is 0 Å². The molecule has 9 heteroatoms. The summed E-state index contributed by atoms with van der Waals surface area (Å²) in [5.41, 5.74) is 4.06. The first-order valence-electron chi connectivity index (χ1n) is 16.6. The topological polar surface area (TPSA) is 81.8 Å². The van der Waals surface area contributed by atoms with Crippen molar-refractivity contribution in [3.8, 4) is 0 Å². The van der Waals surface area contributed by atoms with Gasteiger partial charge in [0.25, 0.3) is 0 Å². The highest BCUT2D eigenvalue weighted by Gasteiger charge is 2.48. The van der Waals surface area contributed by atoms with Gasteiger partial charge in [0.2, 0.25) is 5.91 Å². The average molecular weight is 621 g/mol. The first-order chi connectivity index (χ1) is 21.3. The van der Waals surface area contributed by atoms with E-state index >= 15 is 0 Å². The average Bonchev–Trinajstić information content (AvgIpc) is 3.06. The third-order valence-electron chi connectivity index (χ3n) is 10.7. The van der Waals surface area contributed by atoms with Crippen molar-refractivity contribution in [3.63, 3.8) is 0 Å². The second-order valence-corrected chi connectivity index (χ2v) is 13.8. The van der Waals surface area contributed by atoms with Crippen molar-refractivity contribution in [2.45, 2.75) is 83.3 Å². The highest BCUT2D eigenvalue weighted by atomic mass is 35.5. The molecule has 1 atom stereocenters. The summed E-state index contributed by atoms with van der Waals surface area (Å²) in [7, 11) is 0. The summed E-state index contributed by atoms with van der Waals surface area (Å²) in [6.07, 6.45) is 7.59. The van der Waals surface area contributed by atoms with Gasteiger partial charge in [-0.25, -0.2) is 9.59 Å². The molecule has 3 fully saturated rings. The van der Waals surface area contributed by atoms with Crippen LogP contribution >= 0.6 is 11.6 Å². The molecule has 4 amide bonds. The SMILES string of the molecule is Cc1cc(CC(CC(=O)N2CCC(N3Cc4ccccc4NC3=O)CC2)C(=O)[N+]2(C3CCNCC3)CCCCC2)ccc1Cl. The summed E-state index contributed by atoms with van der Waals surface area (Å²) >= 11 is 6.35. The fourth-order valence-corrected chi connectivity index (χ4v) is 8.27. The quantitative estimate of drug-likeness (QED) is 0.400. The predicted molar refractivity (Wildman–Crippen MR) is 173 cm³/mol. The first kappa shape index (κ1) is 31.1. The van der Waals surface area contributed by atoms with E-state index in [9.17, 15) is 14.4 Å². The molecule has 4 heterocycles. The van der Waals surface area contributed by atoms with Gasteiger partial charge in [-0.3, -0.25) is 9.28 Å². The number of likely N-dealkylation sites (tertiary alicyclic amines) is 2. The fraction of sp³-hybridized carbons (Fsp3) is 0.571. The number of hydrogen-bond acceptors (Lipinski definition) is 4. The molecule has 6 rings (SSSR count). The lowest BCUT2D eigenvalue weighted by atomic mass is 9.88. The van der Waals surface area contributed by atoms with Crippen molar-refractivity contribution < 1.29 is 18.9 Å². The number of hydrogen-bond donors (Lipinski definition) is 2. The number of para-hydroxylation sites is 1. The Morgan fingerprint density at radius 3 is 2.45 bits per heavy atom. The van der Waals surface area contributed by atoms with Crippen LogP contribution in [-0.4, -0.2) is 83.5 Å². The van der Waals surface area contributed by atoms with Gasteiger partial charge in [-0.05, 0) is 74.3 Å². The van der Waals surface area contributed by atoms with Crippen LogP contribution in [0.5, 0.6) is 0 Å². The Bertz CT molecular complexity index is 1360. The van der Waals surface area contributed by atoms with Crippen LogP contribution in [0.3, 0.4) is 0 Å². The second kappa shape index (κ2) is 13.6. The third-order valence-corrected chi connectivity index (χ3v) is 11.1. The van der Waals surface area contributed by atoms with E-state index in [-0.39, 0.29) is 36.2 Å². The maximum atomic E-state index is 14.8. The molecular formula is C35H47ClN5O3+. The zero-order chi connectivity index (χ0) is 30.7. The Labute approximate surface area is 266 Å². The number of aryl methyl sites for hydroxylation is 1. The van der Waals surface area contributed by atoms with Crippen molar-refractivity contribution in [2.75, 3.05) is 44.6 Å². The van der Waals surface area contributed by atoms with E-state index in [1.807, 2.05) is 47.1 Å². The number of quaternary nitrogens is 1. The van der Waals surface area contributed by atoms with Crippen LogP contribution in [0.25, 0.3) is 0 Å². The molecule has 4 aliphatic rings. The number of benzene rings is 2. The van der Waals surface area contributed by atoms with Crippen molar-refractivity contribution >= 4 is 35.1 Å². The minimum atomic E-state index is -0.377. The maximum absolute atomic E-state index is 14.8. The van der Waals surface area contributed by atoms with Gasteiger partial charge in [0, 0.05) is 68.7 Å². The number of fused-ring (bicyclic) bond motifs is 1. The second-order valence-electron chi connectivity index (χ2n) is 13.4. The van der Waals surface area contributed by atoms with Crippen LogP contribution in [0.4, 0.5) is 10.5 Å². The van der Waals surface area contributed by atoms with Crippen molar-refractivity contribution in [3.05, 3.63) is 64.2 Å². The van der Waals surface area contributed by atoms with E-state index in [1.165, 1.54) is 6.42 Å². The van der Waals surface area contributed by atoms with Crippen molar-refractivity contribution in [1.82, 2.24) is 15.1 Å². The van der Waals surface area contributed by atoms with E-state index < -0.39 is 0 Å². The lowest BCUT2D eigenvalue weighted by Gasteiger charge is -2.48. The smallest absolute Gasteiger partial charge is 0.322 e. The molecule has 0 bridgehead atoms. The van der Waals surface area contributed by atoms with Crippen molar-refractivity contribution in [2.24, 2.45) is 5.92 Å². The van der Waals surface area contributed by atoms with Crippen molar-refractivity contribution in [1.29, 1.82) is 0 Å². The minimum Gasteiger partial charge on any atom is -0.343 e. The van der Waals surface area contributed by atoms with Crippen LogP contribution in [0, 0.1) is 12.8 Å². The normalized spacial score (nSPS) is 21.8. The molecule has 0 aliphatic carbocycles. The standard InChI is InChI=1S/C35H46ClN5O3/c1-25-21-26(9-10-31(25)36)22-28(34(43)41(19-5-2-6-20-41)30-11-15-37-16-12-30)23-33(42)39-17-13-29(14-18-39)40-24-27-7-3-4-8-32(27)38-35(40)44/h3-4,7-10,21,28-30,37H,2,5-6,11-20,22-24H2,1H3/p+1. The number of carbonyl (C=O) groups is 3. The molecule has 44 heavy (non-hydrogen) atoms. The number of urea groups is 1. The minimum absolute atomic E-state index is 0.0568. The molecule has 0 saturated carbocycles. The lowest BCUT2D eigenvalue weighted by Crippen LogP contribution is -2.65. The van der Waals surface area contributed by atoms with Gasteiger partial charge < -0.3 is 20.4 Å². The largest absolute Gasteiger partial charge is 0.343 e. The van der Waals surface area contributed by atoms with E-state index in [1.54, 1.807) is 0 Å². The van der Waals surface area contributed by atoms with Gasteiger partial charge in [-0.15, -0.1) is 0 Å². The zero-order valence-electron chi connectivity index (χ0n) is 26.0. The van der Waals surface area contributed by atoms with E-state index in [4.69, 9.17) is 11.6 Å². The Morgan fingerprint density at radius 2 is 1.73 bits per heavy atom. The van der Waals surface area contributed by atoms with Crippen LogP contribution in [0.1, 0.15) is 68.1 Å². The number of piperidine rings is 3. The molecule has 0 radical (unpaired) electrons. The molecule has 8 nitrogen and oxygen atoms in total. The van der Waals surface area contributed by atoms with Gasteiger partial charge in [0.15, 0.2) is 0 Å². The van der Waals surface area contributed by atoms with Gasteiger partial charge >= 0.3 is 11.9 Å². The van der Waals surface area contributed by atoms with Crippen LogP contribution in [0.15, 0.2) is 42.5 Å². The lowest BCUT2D eigenvalue weighted by molar-refractivity contribution is -0.887. The van der Waals surface area contributed by atoms with Crippen LogP contribution in [-0.2, 0) is 22.6 Å². The molecule has 1 unspecified atom stereocenters. The molecule has 3 saturated heterocycles. The Hall–Kier alpha value is -2.94. The fourth-order valence-electron chi connectivity index (χ4n) is 8.16. The Kier molecular flexibility index (Phi) is 9.59. The number of carbonyl (C=O) groups excluding carboxylic acids is 3. The number of rotatable bonds is 7. The number of nitrogens with one attached hydrogen (secondary N) is 2. The summed E-state index contributed by atoms with van der Waals surface area (Å²) < 4.78 is 0.541. The Morgan fingerprint density at radius 1 is 1.00 bits per heavy atom. The van der Waals surface area contributed by atoms with Crippen LogP contribution < -0.4 is 10.6 Å². The summed E-state index contributed by atoms with van der Waals surface area (Å²) in [4.78, 5) is 45.5. The van der Waals surface area contributed by atoms with E-state index in [0.29, 0.717) is 36.6 Å². The summed E-state index contributed by atoms with van der Waals surface area (Å²) in [6, 6.07) is 14.3. The van der Waals surface area contributed by atoms with E-state index in [2.05, 4.69) is 22.8 Å². The molecule has 2 N–H and O–H groups in total. The number of halogens is 1. The first-order valence-corrected chi connectivity index (χ1v) is 17.0. The third kappa shape index (κ3) is 6.53. The number of nitrogens with zero attached hydrogens (tertiary/aromatic N) is 3. The van der Waals surface area contributed by atoms with Crippen LogP contribution in [0.2, 0.25) is 5.02 Å². The number of amides is 4. The van der Waals surface area contributed by atoms with E-state index in [0.717, 1.165) is 92.1 Å². The molecule has 2 aromatic carbocycles. The summed E-state index contributed by atoms with van der Waals surface area (Å²) in [5.74, 6) is -0.0596. The summed E-state index contributed by atoms with van der Waals surface area (Å²) in [5, 5.41) is 7.22. The molecule has 0 spiro atoms. The summed E-state index contributed by atoms with van der Waals surface area (Å²) in [6.45, 7) is 7.47. The zero-order valence-corrected chi connectivity index (χ0v) is 26.8. The molecule has 4 aliphatic heterocycles. The Balaban J connectivity index is 1.17. The monoisotopic (exact) mass is 620 g/mol. The molecule has 0 aromatic heterocycles. The van der Waals surface area contributed by atoms with Gasteiger partial charge in [0.1, 0.15) is 0 Å². The highest BCUT2D eigenvalue weighted by molar-refractivity contribution is 6.31. The molecule has 2 aromatic rings. The molecule has 236 valence electrons. The van der Waals surface area contributed by atoms with Gasteiger partial charge in [-0.1, -0.05) is 41.9 Å².